The highest BCUT2D eigenvalue weighted by Gasteiger charge is 2.43. The maximum absolute atomic E-state index is 13.6. The van der Waals surface area contributed by atoms with Gasteiger partial charge in [0.2, 0.25) is 5.96 Å². The number of guanidine groups is 1. The highest BCUT2D eigenvalue weighted by molar-refractivity contribution is 6.32. The Morgan fingerprint density at radius 2 is 1.91 bits per heavy atom. The SMILES string of the molecule is C.CCOc1nc2c(n1Cc1ccc(O)c(Cl)c1)C(=O)N(CC)C1=N[C@H](Cc3ccccc3)CN12. The number of amides is 1. The first-order valence-corrected chi connectivity index (χ1v) is 11.8. The summed E-state index contributed by atoms with van der Waals surface area (Å²) in [5.41, 5.74) is 2.49. The van der Waals surface area contributed by atoms with Crippen molar-refractivity contribution < 1.29 is 14.6 Å². The van der Waals surface area contributed by atoms with Gasteiger partial charge in [0.15, 0.2) is 11.5 Å². The minimum absolute atomic E-state index is 0. The van der Waals surface area contributed by atoms with E-state index in [1.807, 2.05) is 36.9 Å². The molecule has 2 aliphatic heterocycles. The van der Waals surface area contributed by atoms with E-state index in [0.717, 1.165) is 12.0 Å². The standard InChI is InChI=1S/C25H26ClN5O3.CH4/c1-3-29-23(33)21-22(31-15-18(27-24(29)31)12-16-8-6-5-7-9-16)28-25(34-4-2)30(21)14-17-10-11-20(32)19(26)13-17;/h5-11,13,18,32H,3-4,12,14-15H2,1-2H3;1H4/t18-;/m1./s1. The van der Waals surface area contributed by atoms with Crippen molar-refractivity contribution in [2.75, 3.05) is 24.6 Å². The van der Waals surface area contributed by atoms with Crippen molar-refractivity contribution >= 4 is 29.3 Å². The second kappa shape index (κ2) is 10.00. The molecule has 0 spiro atoms. The molecule has 35 heavy (non-hydrogen) atoms. The van der Waals surface area contributed by atoms with Gasteiger partial charge in [-0.3, -0.25) is 19.2 Å². The van der Waals surface area contributed by atoms with Crippen molar-refractivity contribution in [3.05, 3.63) is 70.4 Å². The van der Waals surface area contributed by atoms with Crippen LogP contribution in [-0.2, 0) is 13.0 Å². The molecule has 3 aromatic rings. The third-order valence-corrected chi connectivity index (χ3v) is 6.35. The van der Waals surface area contributed by atoms with E-state index in [9.17, 15) is 9.90 Å². The molecule has 8 nitrogen and oxygen atoms in total. The summed E-state index contributed by atoms with van der Waals surface area (Å²) in [6.45, 7) is 5.69. The van der Waals surface area contributed by atoms with E-state index in [4.69, 9.17) is 26.3 Å². The smallest absolute Gasteiger partial charge is 0.299 e. The number of fused-ring (bicyclic) bond motifs is 3. The van der Waals surface area contributed by atoms with E-state index in [1.165, 1.54) is 5.56 Å². The van der Waals surface area contributed by atoms with Crippen LogP contribution in [0.25, 0.3) is 0 Å². The molecule has 0 saturated heterocycles. The third-order valence-electron chi connectivity index (χ3n) is 6.05. The van der Waals surface area contributed by atoms with E-state index in [1.54, 1.807) is 27.7 Å². The average molecular weight is 496 g/mol. The Kier molecular flexibility index (Phi) is 7.03. The van der Waals surface area contributed by atoms with Gasteiger partial charge in [-0.2, -0.15) is 4.98 Å². The first-order valence-electron chi connectivity index (χ1n) is 11.4. The summed E-state index contributed by atoms with van der Waals surface area (Å²) in [6, 6.07) is 15.6. The Balaban J connectivity index is 0.00000289. The van der Waals surface area contributed by atoms with E-state index >= 15 is 0 Å². The summed E-state index contributed by atoms with van der Waals surface area (Å²) < 4.78 is 7.62. The van der Waals surface area contributed by atoms with E-state index in [0.29, 0.717) is 49.7 Å². The normalized spacial score (nSPS) is 16.5. The zero-order valence-corrected chi connectivity index (χ0v) is 19.9. The molecule has 184 valence electrons. The number of carbonyl (C=O) groups is 1. The molecule has 2 aromatic carbocycles. The van der Waals surface area contributed by atoms with Gasteiger partial charge in [-0.1, -0.05) is 55.4 Å². The molecule has 5 rings (SSSR count). The Bertz CT molecular complexity index is 1260. The van der Waals surface area contributed by atoms with Gasteiger partial charge in [-0.15, -0.1) is 0 Å². The molecular formula is C26H30ClN5O3. The lowest BCUT2D eigenvalue weighted by Crippen LogP contribution is -2.50. The van der Waals surface area contributed by atoms with Crippen LogP contribution in [0.15, 0.2) is 53.5 Å². The number of aromatic nitrogens is 2. The lowest BCUT2D eigenvalue weighted by molar-refractivity contribution is 0.0835. The monoisotopic (exact) mass is 495 g/mol. The number of hydrogen-bond acceptors (Lipinski definition) is 6. The topological polar surface area (TPSA) is 83.2 Å². The molecule has 0 saturated carbocycles. The highest BCUT2D eigenvalue weighted by Crippen LogP contribution is 2.36. The van der Waals surface area contributed by atoms with Gasteiger partial charge >= 0.3 is 0 Å². The van der Waals surface area contributed by atoms with Crippen molar-refractivity contribution in [1.82, 2.24) is 14.5 Å². The average Bonchev–Trinajstić information content (AvgIpc) is 3.39. The lowest BCUT2D eigenvalue weighted by atomic mass is 10.1. The Morgan fingerprint density at radius 1 is 1.14 bits per heavy atom. The number of hydrogen-bond donors (Lipinski definition) is 1. The van der Waals surface area contributed by atoms with Crippen LogP contribution in [0.2, 0.25) is 5.02 Å². The Hall–Kier alpha value is -3.52. The predicted molar refractivity (Wildman–Crippen MR) is 138 cm³/mol. The maximum atomic E-state index is 13.6. The number of halogens is 1. The molecule has 0 bridgehead atoms. The first kappa shape index (κ1) is 24.6. The quantitative estimate of drug-likeness (QED) is 0.518. The van der Waals surface area contributed by atoms with E-state index in [-0.39, 0.29) is 30.1 Å². The number of nitrogens with zero attached hydrogens (tertiary/aromatic N) is 5. The number of carbonyl (C=O) groups excluding carboxylic acids is 1. The molecule has 2 aliphatic rings. The first-order chi connectivity index (χ1) is 16.5. The minimum atomic E-state index is -0.156. The number of anilines is 1. The van der Waals surface area contributed by atoms with Crippen molar-refractivity contribution in [3.8, 4) is 11.8 Å². The molecule has 1 aromatic heterocycles. The van der Waals surface area contributed by atoms with Crippen molar-refractivity contribution in [2.45, 2.75) is 40.3 Å². The number of ether oxygens (including phenoxy) is 1. The summed E-state index contributed by atoms with van der Waals surface area (Å²) in [5.74, 6) is 1.06. The van der Waals surface area contributed by atoms with Gasteiger partial charge < -0.3 is 9.84 Å². The molecule has 0 radical (unpaired) electrons. The van der Waals surface area contributed by atoms with Crippen LogP contribution in [-0.4, -0.2) is 57.2 Å². The molecular weight excluding hydrogens is 466 g/mol. The van der Waals surface area contributed by atoms with E-state index < -0.39 is 0 Å². The number of benzene rings is 2. The van der Waals surface area contributed by atoms with Crippen LogP contribution in [0.3, 0.4) is 0 Å². The summed E-state index contributed by atoms with van der Waals surface area (Å²) in [4.78, 5) is 27.0. The van der Waals surface area contributed by atoms with Crippen LogP contribution < -0.4 is 9.64 Å². The van der Waals surface area contributed by atoms with Gasteiger partial charge in [-0.05, 0) is 43.5 Å². The van der Waals surface area contributed by atoms with Crippen LogP contribution >= 0.6 is 11.6 Å². The molecule has 1 N–H and O–H groups in total. The van der Waals surface area contributed by atoms with Gasteiger partial charge in [-0.25, -0.2) is 4.99 Å². The van der Waals surface area contributed by atoms with Gasteiger partial charge in [0.05, 0.1) is 30.8 Å². The second-order valence-electron chi connectivity index (χ2n) is 8.30. The molecule has 1 atom stereocenters. The largest absolute Gasteiger partial charge is 0.506 e. The molecule has 0 unspecified atom stereocenters. The number of aliphatic imine (C=N–C) groups is 1. The number of aromatic hydroxyl groups is 1. The van der Waals surface area contributed by atoms with Gasteiger partial charge in [0.1, 0.15) is 5.75 Å². The number of imidazole rings is 1. The molecule has 1 amide bonds. The van der Waals surface area contributed by atoms with Crippen LogP contribution in [0.4, 0.5) is 5.82 Å². The molecule has 0 fully saturated rings. The zero-order chi connectivity index (χ0) is 23.8. The number of phenols is 1. The Morgan fingerprint density at radius 3 is 2.60 bits per heavy atom. The third kappa shape index (κ3) is 4.46. The Labute approximate surface area is 210 Å². The van der Waals surface area contributed by atoms with Gasteiger partial charge in [0.25, 0.3) is 11.9 Å². The number of rotatable bonds is 7. The fourth-order valence-corrected chi connectivity index (χ4v) is 4.70. The van der Waals surface area contributed by atoms with Crippen molar-refractivity contribution in [1.29, 1.82) is 0 Å². The molecule has 9 heteroatoms. The van der Waals surface area contributed by atoms with Crippen molar-refractivity contribution in [2.24, 2.45) is 4.99 Å². The molecule has 3 heterocycles. The minimum Gasteiger partial charge on any atom is -0.506 e. The van der Waals surface area contributed by atoms with Crippen LogP contribution in [0.1, 0.15) is 42.9 Å². The summed E-state index contributed by atoms with van der Waals surface area (Å²) in [7, 11) is 0. The summed E-state index contributed by atoms with van der Waals surface area (Å²) >= 11 is 6.12. The van der Waals surface area contributed by atoms with Crippen LogP contribution in [0, 0.1) is 0 Å². The van der Waals surface area contributed by atoms with Crippen molar-refractivity contribution in [3.63, 3.8) is 0 Å². The van der Waals surface area contributed by atoms with Crippen LogP contribution in [0.5, 0.6) is 11.8 Å². The fourth-order valence-electron chi connectivity index (χ4n) is 4.50. The highest BCUT2D eigenvalue weighted by atomic mass is 35.5. The lowest BCUT2D eigenvalue weighted by Gasteiger charge is -2.32. The number of phenolic OH excluding ortho intramolecular Hbond substituents is 1. The fraction of sp³-hybridized carbons (Fsp3) is 0.346. The maximum Gasteiger partial charge on any atom is 0.299 e. The zero-order valence-electron chi connectivity index (χ0n) is 19.1. The second-order valence-corrected chi connectivity index (χ2v) is 8.71. The van der Waals surface area contributed by atoms with Gasteiger partial charge in [0, 0.05) is 6.54 Å². The molecule has 0 aliphatic carbocycles. The van der Waals surface area contributed by atoms with E-state index in [2.05, 4.69) is 12.1 Å². The summed E-state index contributed by atoms with van der Waals surface area (Å²) in [6.07, 6.45) is 0.785. The summed E-state index contributed by atoms with van der Waals surface area (Å²) in [5, 5.41) is 10.0. The predicted octanol–water partition coefficient (Wildman–Crippen LogP) is 4.59.